The summed E-state index contributed by atoms with van der Waals surface area (Å²) in [5, 5.41) is 3.21. The Bertz CT molecular complexity index is 868. The van der Waals surface area contributed by atoms with E-state index < -0.39 is 15.9 Å². The molecule has 0 heterocycles. The van der Waals surface area contributed by atoms with Crippen LogP contribution in [0.15, 0.2) is 53.4 Å². The fourth-order valence-corrected chi connectivity index (χ4v) is 4.05. The van der Waals surface area contributed by atoms with E-state index in [-0.39, 0.29) is 17.5 Å². The van der Waals surface area contributed by atoms with Crippen molar-refractivity contribution in [2.45, 2.75) is 24.8 Å². The van der Waals surface area contributed by atoms with Gasteiger partial charge in [0.1, 0.15) is 6.54 Å². The average molecular weight is 411 g/mol. The molecule has 1 N–H and O–H groups in total. The summed E-state index contributed by atoms with van der Waals surface area (Å²) in [6.45, 7) is 3.63. The van der Waals surface area contributed by atoms with Gasteiger partial charge in [-0.15, -0.1) is 0 Å². The molecule has 0 saturated heterocycles. The van der Waals surface area contributed by atoms with Crippen LogP contribution in [0.4, 0.5) is 5.69 Å². The Labute approximate surface area is 165 Å². The Morgan fingerprint density at radius 2 is 1.74 bits per heavy atom. The van der Waals surface area contributed by atoms with Gasteiger partial charge in [0.2, 0.25) is 5.91 Å². The van der Waals surface area contributed by atoms with Crippen LogP contribution < -0.4 is 9.62 Å². The smallest absolute Gasteiger partial charge is 0.264 e. The van der Waals surface area contributed by atoms with Crippen molar-refractivity contribution in [2.75, 3.05) is 24.6 Å². The zero-order chi connectivity index (χ0) is 20.0. The number of nitrogens with zero attached hydrogens (tertiary/aromatic N) is 1. The van der Waals surface area contributed by atoms with Gasteiger partial charge >= 0.3 is 0 Å². The summed E-state index contributed by atoms with van der Waals surface area (Å²) >= 11 is 5.91. The molecule has 0 unspecified atom stereocenters. The zero-order valence-corrected chi connectivity index (χ0v) is 17.0. The molecule has 0 aromatic heterocycles. The highest BCUT2D eigenvalue weighted by Gasteiger charge is 2.27. The van der Waals surface area contributed by atoms with Gasteiger partial charge in [-0.2, -0.15) is 0 Å². The maximum atomic E-state index is 13.2. The molecular weight excluding hydrogens is 388 g/mol. The van der Waals surface area contributed by atoms with Crippen molar-refractivity contribution in [1.82, 2.24) is 5.32 Å². The van der Waals surface area contributed by atoms with Crippen molar-refractivity contribution < 1.29 is 17.9 Å². The van der Waals surface area contributed by atoms with Gasteiger partial charge in [0.15, 0.2) is 0 Å². The van der Waals surface area contributed by atoms with Crippen LogP contribution in [0.1, 0.15) is 12.5 Å². The second-order valence-corrected chi connectivity index (χ2v) is 8.52. The third-order valence-electron chi connectivity index (χ3n) is 3.83. The molecule has 8 heteroatoms. The van der Waals surface area contributed by atoms with Crippen LogP contribution in [0.5, 0.6) is 0 Å². The minimum absolute atomic E-state index is 0.112. The van der Waals surface area contributed by atoms with E-state index in [0.717, 1.165) is 9.87 Å². The normalized spacial score (nSPS) is 12.4. The Morgan fingerprint density at radius 3 is 2.30 bits per heavy atom. The second kappa shape index (κ2) is 9.21. The van der Waals surface area contributed by atoms with Crippen LogP contribution in [0.2, 0.25) is 5.02 Å². The molecule has 1 atom stereocenters. The number of nitrogens with one attached hydrogen (secondary N) is 1. The second-order valence-electron chi connectivity index (χ2n) is 6.23. The largest absolute Gasteiger partial charge is 0.383 e. The summed E-state index contributed by atoms with van der Waals surface area (Å²) in [5.41, 5.74) is 1.30. The van der Waals surface area contributed by atoms with E-state index in [1.165, 1.54) is 19.2 Å². The Kier molecular flexibility index (Phi) is 7.24. The molecule has 0 aliphatic rings. The number of amides is 1. The SMILES string of the molecule is COC[C@H](C)NC(=O)CN(c1ccc(Cl)cc1)S(=O)(=O)c1ccc(C)cc1. The van der Waals surface area contributed by atoms with Crippen molar-refractivity contribution >= 4 is 33.2 Å². The van der Waals surface area contributed by atoms with Crippen LogP contribution >= 0.6 is 11.6 Å². The van der Waals surface area contributed by atoms with Crippen molar-refractivity contribution in [2.24, 2.45) is 0 Å². The lowest BCUT2D eigenvalue weighted by molar-refractivity contribution is -0.120. The lowest BCUT2D eigenvalue weighted by Gasteiger charge is -2.25. The molecular formula is C19H23ClN2O4S. The van der Waals surface area contributed by atoms with Crippen LogP contribution in [0.25, 0.3) is 0 Å². The summed E-state index contributed by atoms with van der Waals surface area (Å²) < 4.78 is 32.4. The van der Waals surface area contributed by atoms with Crippen molar-refractivity contribution in [3.8, 4) is 0 Å². The topological polar surface area (TPSA) is 75.7 Å². The summed E-state index contributed by atoms with van der Waals surface area (Å²) in [7, 11) is -2.40. The first kappa shape index (κ1) is 21.2. The molecule has 6 nitrogen and oxygen atoms in total. The van der Waals surface area contributed by atoms with E-state index in [1.54, 1.807) is 43.3 Å². The van der Waals surface area contributed by atoms with E-state index in [1.807, 2.05) is 6.92 Å². The van der Waals surface area contributed by atoms with Gasteiger partial charge in [-0.05, 0) is 50.2 Å². The minimum atomic E-state index is -3.93. The van der Waals surface area contributed by atoms with E-state index in [9.17, 15) is 13.2 Å². The predicted molar refractivity (Wildman–Crippen MR) is 107 cm³/mol. The molecule has 146 valence electrons. The number of aryl methyl sites for hydroxylation is 1. The van der Waals surface area contributed by atoms with Crippen molar-refractivity contribution in [3.05, 3.63) is 59.1 Å². The first-order valence-electron chi connectivity index (χ1n) is 8.37. The Hall–Kier alpha value is -2.09. The van der Waals surface area contributed by atoms with Gasteiger partial charge in [0, 0.05) is 18.2 Å². The Balaban J connectivity index is 2.36. The molecule has 0 spiro atoms. The number of hydrogen-bond donors (Lipinski definition) is 1. The zero-order valence-electron chi connectivity index (χ0n) is 15.5. The van der Waals surface area contributed by atoms with Crippen LogP contribution in [-0.2, 0) is 19.6 Å². The molecule has 0 aliphatic carbocycles. The van der Waals surface area contributed by atoms with Crippen LogP contribution in [-0.4, -0.2) is 40.6 Å². The molecule has 0 radical (unpaired) electrons. The highest BCUT2D eigenvalue weighted by atomic mass is 35.5. The highest BCUT2D eigenvalue weighted by Crippen LogP contribution is 2.25. The number of carbonyl (C=O) groups is 1. The van der Waals surface area contributed by atoms with Crippen LogP contribution in [0, 0.1) is 6.92 Å². The molecule has 2 aromatic rings. The highest BCUT2D eigenvalue weighted by molar-refractivity contribution is 7.92. The molecule has 27 heavy (non-hydrogen) atoms. The molecule has 2 rings (SSSR count). The molecule has 0 bridgehead atoms. The number of halogens is 1. The van der Waals surface area contributed by atoms with Crippen molar-refractivity contribution in [1.29, 1.82) is 0 Å². The molecule has 0 fully saturated rings. The average Bonchev–Trinajstić information content (AvgIpc) is 2.61. The third-order valence-corrected chi connectivity index (χ3v) is 5.87. The van der Waals surface area contributed by atoms with Crippen LogP contribution in [0.3, 0.4) is 0 Å². The quantitative estimate of drug-likeness (QED) is 0.725. The fourth-order valence-electron chi connectivity index (χ4n) is 2.50. The van der Waals surface area contributed by atoms with E-state index in [0.29, 0.717) is 17.3 Å². The van der Waals surface area contributed by atoms with Gasteiger partial charge in [0.05, 0.1) is 17.2 Å². The molecule has 2 aromatic carbocycles. The maximum absolute atomic E-state index is 13.2. The summed E-state index contributed by atoms with van der Waals surface area (Å²) in [6, 6.07) is 12.6. The number of ether oxygens (including phenoxy) is 1. The first-order chi connectivity index (χ1) is 12.7. The minimum Gasteiger partial charge on any atom is -0.383 e. The number of rotatable bonds is 8. The van der Waals surface area contributed by atoms with Gasteiger partial charge in [-0.3, -0.25) is 9.10 Å². The number of carbonyl (C=O) groups excluding carboxylic acids is 1. The number of benzene rings is 2. The predicted octanol–water partition coefficient (Wildman–Crippen LogP) is 2.99. The molecule has 1 amide bonds. The third kappa shape index (κ3) is 5.69. The van der Waals surface area contributed by atoms with Gasteiger partial charge in [0.25, 0.3) is 10.0 Å². The number of hydrogen-bond acceptors (Lipinski definition) is 4. The lowest BCUT2D eigenvalue weighted by atomic mass is 10.2. The number of sulfonamides is 1. The summed E-state index contributed by atoms with van der Waals surface area (Å²) in [4.78, 5) is 12.5. The number of methoxy groups -OCH3 is 1. The number of anilines is 1. The fraction of sp³-hybridized carbons (Fsp3) is 0.316. The molecule has 0 saturated carbocycles. The Morgan fingerprint density at radius 1 is 1.15 bits per heavy atom. The van der Waals surface area contributed by atoms with Gasteiger partial charge in [-0.1, -0.05) is 29.3 Å². The molecule has 0 aliphatic heterocycles. The van der Waals surface area contributed by atoms with Crippen molar-refractivity contribution in [3.63, 3.8) is 0 Å². The summed E-state index contributed by atoms with van der Waals surface area (Å²) in [5.74, 6) is -0.426. The van der Waals surface area contributed by atoms with Gasteiger partial charge < -0.3 is 10.1 Å². The van der Waals surface area contributed by atoms with E-state index in [4.69, 9.17) is 16.3 Å². The van der Waals surface area contributed by atoms with E-state index >= 15 is 0 Å². The standard InChI is InChI=1S/C19H23ClN2O4S/c1-14-4-10-18(11-5-14)27(24,25)22(17-8-6-16(20)7-9-17)12-19(23)21-15(2)13-26-3/h4-11,15H,12-13H2,1-3H3,(H,21,23)/t15-/m0/s1. The first-order valence-corrected chi connectivity index (χ1v) is 10.2. The van der Waals surface area contributed by atoms with Gasteiger partial charge in [-0.25, -0.2) is 8.42 Å². The lowest BCUT2D eigenvalue weighted by Crippen LogP contribution is -2.44. The maximum Gasteiger partial charge on any atom is 0.264 e. The monoisotopic (exact) mass is 410 g/mol. The van der Waals surface area contributed by atoms with E-state index in [2.05, 4.69) is 5.32 Å². The summed E-state index contributed by atoms with van der Waals surface area (Å²) in [6.07, 6.45) is 0.